The lowest BCUT2D eigenvalue weighted by molar-refractivity contribution is -0.147. The first-order valence-electron chi connectivity index (χ1n) is 12.5. The highest BCUT2D eigenvalue weighted by molar-refractivity contribution is 6.04. The molecule has 2 aliphatic heterocycles. The molecular weight excluding hydrogens is 456 g/mol. The molecule has 2 N–H and O–H groups in total. The molecule has 5 rings (SSSR count). The molecule has 8 nitrogen and oxygen atoms in total. The summed E-state index contributed by atoms with van der Waals surface area (Å²) in [6.07, 6.45) is 4.28. The Kier molecular flexibility index (Phi) is 6.95. The minimum Gasteiger partial charge on any atom is -0.361 e. The smallest absolute Gasteiger partial charge is 0.240 e. The summed E-state index contributed by atoms with van der Waals surface area (Å²) in [5.41, 5.74) is 3.09. The van der Waals surface area contributed by atoms with Gasteiger partial charge < -0.3 is 20.0 Å². The summed E-state index contributed by atoms with van der Waals surface area (Å²) >= 11 is 0. The molecule has 186 valence electrons. The van der Waals surface area contributed by atoms with E-state index >= 15 is 0 Å². The van der Waals surface area contributed by atoms with Crippen LogP contribution in [-0.4, -0.2) is 76.4 Å². The molecule has 3 atom stereocenters. The topological polar surface area (TPSA) is 103 Å². The molecule has 0 bridgehead atoms. The van der Waals surface area contributed by atoms with Gasteiger partial charge in [0.15, 0.2) is 5.78 Å². The van der Waals surface area contributed by atoms with Crippen molar-refractivity contribution in [3.63, 3.8) is 0 Å². The zero-order chi connectivity index (χ0) is 25.1. The number of fused-ring (bicyclic) bond motifs is 1. The average Bonchev–Trinajstić information content (AvgIpc) is 3.52. The lowest BCUT2D eigenvalue weighted by atomic mass is 9.95. The zero-order valence-corrected chi connectivity index (χ0v) is 20.1. The monoisotopic (exact) mass is 486 g/mol. The third-order valence-electron chi connectivity index (χ3n) is 7.34. The molecule has 1 aromatic heterocycles. The number of nitrogens with zero attached hydrogens (tertiary/aromatic N) is 2. The van der Waals surface area contributed by atoms with Crippen LogP contribution in [0.25, 0.3) is 10.9 Å². The molecule has 2 unspecified atom stereocenters. The summed E-state index contributed by atoms with van der Waals surface area (Å²) in [6, 6.07) is 15.5. The van der Waals surface area contributed by atoms with Crippen LogP contribution in [-0.2, 0) is 32.0 Å². The number of Topliss-reactive ketones (excluding diaryl/α,β-unsaturated/α-hetero) is 1. The maximum Gasteiger partial charge on any atom is 0.240 e. The second kappa shape index (κ2) is 10.5. The Morgan fingerprint density at radius 1 is 1.06 bits per heavy atom. The van der Waals surface area contributed by atoms with Crippen molar-refractivity contribution in [2.24, 2.45) is 0 Å². The summed E-state index contributed by atoms with van der Waals surface area (Å²) in [4.78, 5) is 57.8. The largest absolute Gasteiger partial charge is 0.361 e. The van der Waals surface area contributed by atoms with Crippen LogP contribution in [0.2, 0.25) is 0 Å². The second-order valence-corrected chi connectivity index (χ2v) is 9.52. The predicted molar refractivity (Wildman–Crippen MR) is 135 cm³/mol. The Balaban J connectivity index is 1.41. The van der Waals surface area contributed by atoms with Gasteiger partial charge in [-0.15, -0.1) is 0 Å². The van der Waals surface area contributed by atoms with Crippen molar-refractivity contribution in [1.82, 2.24) is 20.1 Å². The molecule has 3 aromatic rings. The third-order valence-corrected chi connectivity index (χ3v) is 7.34. The van der Waals surface area contributed by atoms with E-state index < -0.39 is 18.1 Å². The number of ketones is 1. The Hall–Kier alpha value is -3.78. The highest BCUT2D eigenvalue weighted by Crippen LogP contribution is 2.25. The van der Waals surface area contributed by atoms with Crippen molar-refractivity contribution in [2.45, 2.75) is 43.8 Å². The summed E-state index contributed by atoms with van der Waals surface area (Å²) in [7, 11) is 0. The number of aldehydes is 1. The minimum absolute atomic E-state index is 0.0856. The normalized spacial score (nSPS) is 21.5. The number of hydrogen-bond donors (Lipinski definition) is 2. The van der Waals surface area contributed by atoms with Gasteiger partial charge in [0.2, 0.25) is 11.8 Å². The number of piperazine rings is 1. The zero-order valence-electron chi connectivity index (χ0n) is 20.1. The summed E-state index contributed by atoms with van der Waals surface area (Å²) in [5.74, 6) is -0.613. The first-order valence-corrected chi connectivity index (χ1v) is 12.5. The SMILES string of the molecule is O=C[C@@H](C(=O)C1CCC(=O)N1)N1CCN(CCc2ccccc2)C(=O)C1Cc1c[nH]c2ccccc12. The number of amides is 2. The number of hydrogen-bond acceptors (Lipinski definition) is 5. The van der Waals surface area contributed by atoms with Crippen LogP contribution in [0.1, 0.15) is 24.0 Å². The van der Waals surface area contributed by atoms with Crippen LogP contribution >= 0.6 is 0 Å². The molecule has 8 heteroatoms. The van der Waals surface area contributed by atoms with Crippen molar-refractivity contribution in [3.05, 3.63) is 71.9 Å². The Morgan fingerprint density at radius 2 is 1.83 bits per heavy atom. The Labute approximate surface area is 209 Å². The molecule has 2 amide bonds. The van der Waals surface area contributed by atoms with E-state index in [9.17, 15) is 19.2 Å². The molecule has 2 saturated heterocycles. The second-order valence-electron chi connectivity index (χ2n) is 9.52. The summed E-state index contributed by atoms with van der Waals surface area (Å²) < 4.78 is 0. The van der Waals surface area contributed by atoms with E-state index in [-0.39, 0.29) is 24.0 Å². The molecule has 2 fully saturated rings. The number of benzene rings is 2. The maximum absolute atomic E-state index is 13.8. The van der Waals surface area contributed by atoms with E-state index in [1.165, 1.54) is 0 Å². The predicted octanol–water partition coefficient (Wildman–Crippen LogP) is 1.88. The van der Waals surface area contributed by atoms with Crippen LogP contribution in [0.15, 0.2) is 60.8 Å². The third kappa shape index (κ3) is 4.81. The number of aromatic nitrogens is 1. The highest BCUT2D eigenvalue weighted by atomic mass is 16.2. The summed E-state index contributed by atoms with van der Waals surface area (Å²) in [5, 5.41) is 3.69. The standard InChI is InChI=1S/C28H30N4O4/c33-18-25(27(35)23-10-11-26(34)30-23)32-15-14-31(13-12-19-6-2-1-3-7-19)28(36)24(32)16-20-17-29-22-9-5-4-8-21(20)22/h1-9,17-18,23-25,29H,10-16H2,(H,30,34)/t23?,24?,25-/m0/s1. The maximum atomic E-state index is 13.8. The fourth-order valence-corrected chi connectivity index (χ4v) is 5.37. The number of para-hydroxylation sites is 1. The lowest BCUT2D eigenvalue weighted by Gasteiger charge is -2.43. The highest BCUT2D eigenvalue weighted by Gasteiger charge is 2.43. The first kappa shape index (κ1) is 23.9. The van der Waals surface area contributed by atoms with Gasteiger partial charge in [-0.25, -0.2) is 0 Å². The number of nitrogens with one attached hydrogen (secondary N) is 2. The molecule has 36 heavy (non-hydrogen) atoms. The van der Waals surface area contributed by atoms with Crippen LogP contribution < -0.4 is 5.32 Å². The Morgan fingerprint density at radius 3 is 2.58 bits per heavy atom. The number of carbonyl (C=O) groups is 4. The number of rotatable bonds is 9. The first-order chi connectivity index (χ1) is 17.5. The van der Waals surface area contributed by atoms with Crippen molar-refractivity contribution in [3.8, 4) is 0 Å². The fraction of sp³-hybridized carbons (Fsp3) is 0.357. The molecule has 3 heterocycles. The Bertz CT molecular complexity index is 1270. The molecule has 0 radical (unpaired) electrons. The van der Waals surface area contributed by atoms with E-state index in [0.717, 1.165) is 28.5 Å². The lowest BCUT2D eigenvalue weighted by Crippen LogP contribution is -2.64. The number of carbonyl (C=O) groups excluding carboxylic acids is 4. The van der Waals surface area contributed by atoms with Gasteiger partial charge in [0.1, 0.15) is 12.3 Å². The molecule has 2 aliphatic rings. The molecule has 0 saturated carbocycles. The van der Waals surface area contributed by atoms with Crippen molar-refractivity contribution in [1.29, 1.82) is 0 Å². The van der Waals surface area contributed by atoms with Crippen LogP contribution in [0, 0.1) is 0 Å². The van der Waals surface area contributed by atoms with Crippen molar-refractivity contribution >= 4 is 34.8 Å². The van der Waals surface area contributed by atoms with E-state index in [0.29, 0.717) is 38.8 Å². The van der Waals surface area contributed by atoms with E-state index in [1.807, 2.05) is 65.7 Å². The molecular formula is C28H30N4O4. The van der Waals surface area contributed by atoms with Gasteiger partial charge in [0, 0.05) is 43.2 Å². The van der Waals surface area contributed by atoms with Crippen LogP contribution in [0.4, 0.5) is 0 Å². The molecule has 0 aliphatic carbocycles. The van der Waals surface area contributed by atoms with Crippen LogP contribution in [0.5, 0.6) is 0 Å². The van der Waals surface area contributed by atoms with Gasteiger partial charge in [-0.05, 0) is 36.5 Å². The van der Waals surface area contributed by atoms with E-state index in [4.69, 9.17) is 0 Å². The molecule has 2 aromatic carbocycles. The van der Waals surface area contributed by atoms with Crippen LogP contribution in [0.3, 0.4) is 0 Å². The average molecular weight is 487 g/mol. The quantitative estimate of drug-likeness (QED) is 0.355. The van der Waals surface area contributed by atoms with Gasteiger partial charge in [-0.1, -0.05) is 48.5 Å². The van der Waals surface area contributed by atoms with Gasteiger partial charge in [-0.3, -0.25) is 19.3 Å². The minimum atomic E-state index is -1.08. The van der Waals surface area contributed by atoms with Gasteiger partial charge in [-0.2, -0.15) is 0 Å². The van der Waals surface area contributed by atoms with Gasteiger partial charge >= 0.3 is 0 Å². The molecule has 0 spiro atoms. The fourth-order valence-electron chi connectivity index (χ4n) is 5.37. The number of aromatic amines is 1. The van der Waals surface area contributed by atoms with Gasteiger partial charge in [0.25, 0.3) is 0 Å². The van der Waals surface area contributed by atoms with E-state index in [2.05, 4.69) is 10.3 Å². The van der Waals surface area contributed by atoms with Gasteiger partial charge in [0.05, 0.1) is 12.1 Å². The number of H-pyrrole nitrogens is 1. The van der Waals surface area contributed by atoms with E-state index in [1.54, 1.807) is 4.90 Å². The van der Waals surface area contributed by atoms with Crippen molar-refractivity contribution in [2.75, 3.05) is 19.6 Å². The summed E-state index contributed by atoms with van der Waals surface area (Å²) in [6.45, 7) is 1.41. The van der Waals surface area contributed by atoms with Crippen molar-refractivity contribution < 1.29 is 19.2 Å².